The van der Waals surface area contributed by atoms with Gasteiger partial charge in [-0.1, -0.05) is 18.2 Å². The second-order valence-corrected chi connectivity index (χ2v) is 9.80. The van der Waals surface area contributed by atoms with Crippen molar-refractivity contribution in [1.29, 1.82) is 0 Å². The minimum atomic E-state index is -4.78. The largest absolute Gasteiger partial charge is 0.479 e. The molecule has 11 heteroatoms. The van der Waals surface area contributed by atoms with Crippen LogP contribution in [-0.2, 0) is 27.8 Å². The van der Waals surface area contributed by atoms with E-state index in [-0.39, 0.29) is 4.90 Å². The molecule has 2 N–H and O–H groups in total. The summed E-state index contributed by atoms with van der Waals surface area (Å²) in [5, 5.41) is 0. The van der Waals surface area contributed by atoms with E-state index in [2.05, 4.69) is 8.83 Å². The van der Waals surface area contributed by atoms with E-state index in [1.165, 1.54) is 6.07 Å². The van der Waals surface area contributed by atoms with Crippen LogP contribution in [0.25, 0.3) is 0 Å². The third-order valence-electron chi connectivity index (χ3n) is 2.29. The molecule has 0 amide bonds. The summed E-state index contributed by atoms with van der Waals surface area (Å²) in [7, 11) is -12.7. The molecular formula is C10H16O8P2S. The fourth-order valence-corrected chi connectivity index (χ4v) is 5.03. The van der Waals surface area contributed by atoms with Crippen molar-refractivity contribution in [2.45, 2.75) is 11.8 Å². The molecule has 0 saturated heterocycles. The van der Waals surface area contributed by atoms with Crippen molar-refractivity contribution in [3.05, 3.63) is 29.8 Å². The Morgan fingerprint density at radius 2 is 1.76 bits per heavy atom. The average molecular weight is 358 g/mol. The Balaban J connectivity index is 2.70. The zero-order valence-electron chi connectivity index (χ0n) is 11.4. The fraction of sp³-hybridized carbons (Fsp3) is 0.400. The summed E-state index contributed by atoms with van der Waals surface area (Å²) in [6.07, 6.45) is 0. The van der Waals surface area contributed by atoms with E-state index in [4.69, 9.17) is 9.79 Å². The maximum absolute atomic E-state index is 12.0. The quantitative estimate of drug-likeness (QED) is 0.705. The molecule has 0 fully saturated rings. The molecule has 0 spiro atoms. The second kappa shape index (κ2) is 6.71. The molecule has 21 heavy (non-hydrogen) atoms. The standard InChI is InChI=1S/C10H16O8P2S/c1-9-5-3-4-6-10(9)21(15,16)8-7-17-20(13,14)18-19(2,11)12/h3-6H,7-8H2,1-2H3,(H,11,12)(H,13,14). The van der Waals surface area contributed by atoms with Crippen LogP contribution in [-0.4, -0.2) is 37.2 Å². The van der Waals surface area contributed by atoms with E-state index < -0.39 is 37.6 Å². The minimum Gasteiger partial charge on any atom is -0.324 e. The van der Waals surface area contributed by atoms with Gasteiger partial charge in [0.15, 0.2) is 9.84 Å². The van der Waals surface area contributed by atoms with Crippen LogP contribution in [0.3, 0.4) is 0 Å². The number of rotatable bonds is 7. The van der Waals surface area contributed by atoms with Gasteiger partial charge >= 0.3 is 15.4 Å². The highest BCUT2D eigenvalue weighted by atomic mass is 32.2. The van der Waals surface area contributed by atoms with Crippen LogP contribution in [0, 0.1) is 6.92 Å². The Bertz CT molecular complexity index is 693. The molecular weight excluding hydrogens is 342 g/mol. The van der Waals surface area contributed by atoms with Crippen LogP contribution in [0.2, 0.25) is 0 Å². The Labute approximate surface area is 122 Å². The minimum absolute atomic E-state index is 0.0885. The Hall–Kier alpha value is -0.530. The molecule has 2 atom stereocenters. The molecule has 2 unspecified atom stereocenters. The van der Waals surface area contributed by atoms with Gasteiger partial charge in [-0.05, 0) is 18.6 Å². The average Bonchev–Trinajstić information content (AvgIpc) is 2.25. The zero-order chi connectivity index (χ0) is 16.3. The van der Waals surface area contributed by atoms with Gasteiger partial charge in [0.05, 0.1) is 17.3 Å². The molecule has 0 aromatic heterocycles. The maximum Gasteiger partial charge on any atom is 0.479 e. The Morgan fingerprint density at radius 1 is 1.19 bits per heavy atom. The van der Waals surface area contributed by atoms with Crippen LogP contribution >= 0.6 is 15.4 Å². The van der Waals surface area contributed by atoms with Crippen molar-refractivity contribution < 1.29 is 36.2 Å². The van der Waals surface area contributed by atoms with Gasteiger partial charge in [-0.3, -0.25) is 9.09 Å². The van der Waals surface area contributed by atoms with Crippen LogP contribution in [0.4, 0.5) is 0 Å². The second-order valence-electron chi connectivity index (χ2n) is 4.27. The molecule has 0 aliphatic carbocycles. The van der Waals surface area contributed by atoms with E-state index >= 15 is 0 Å². The van der Waals surface area contributed by atoms with Crippen molar-refractivity contribution in [2.24, 2.45) is 0 Å². The van der Waals surface area contributed by atoms with Gasteiger partial charge in [-0.25, -0.2) is 17.3 Å². The van der Waals surface area contributed by atoms with Crippen molar-refractivity contribution in [1.82, 2.24) is 0 Å². The van der Waals surface area contributed by atoms with Crippen LogP contribution in [0.5, 0.6) is 0 Å². The number of sulfone groups is 1. The van der Waals surface area contributed by atoms with E-state index in [0.29, 0.717) is 12.2 Å². The SMILES string of the molecule is Cc1ccccc1S(=O)(=O)CCOP(=O)(O)OP(C)(=O)O. The molecule has 1 aromatic carbocycles. The summed E-state index contributed by atoms with van der Waals surface area (Å²) >= 11 is 0. The first-order chi connectivity index (χ1) is 9.43. The molecule has 0 aliphatic heterocycles. The zero-order valence-corrected chi connectivity index (χ0v) is 14.0. The maximum atomic E-state index is 12.0. The lowest BCUT2D eigenvalue weighted by Crippen LogP contribution is -2.13. The molecule has 8 nitrogen and oxygen atoms in total. The van der Waals surface area contributed by atoms with E-state index in [1.54, 1.807) is 25.1 Å². The number of phosphoric ester groups is 1. The van der Waals surface area contributed by atoms with Crippen LogP contribution in [0.15, 0.2) is 29.2 Å². The van der Waals surface area contributed by atoms with Crippen LogP contribution in [0.1, 0.15) is 5.56 Å². The smallest absolute Gasteiger partial charge is 0.324 e. The van der Waals surface area contributed by atoms with Gasteiger partial charge in [-0.2, -0.15) is 0 Å². The van der Waals surface area contributed by atoms with Gasteiger partial charge in [-0.15, -0.1) is 0 Å². The third-order valence-corrected chi connectivity index (χ3v) is 6.67. The van der Waals surface area contributed by atoms with Crippen molar-refractivity contribution in [3.8, 4) is 0 Å². The lowest BCUT2D eigenvalue weighted by molar-refractivity contribution is 0.206. The highest BCUT2D eigenvalue weighted by molar-refractivity contribution is 7.91. The van der Waals surface area contributed by atoms with Gasteiger partial charge < -0.3 is 9.79 Å². The highest BCUT2D eigenvalue weighted by Gasteiger charge is 2.30. The van der Waals surface area contributed by atoms with E-state index in [9.17, 15) is 17.5 Å². The summed E-state index contributed by atoms with van der Waals surface area (Å²) < 4.78 is 54.6. The number of phosphoric acid groups is 1. The van der Waals surface area contributed by atoms with Crippen LogP contribution < -0.4 is 0 Å². The predicted molar refractivity (Wildman–Crippen MR) is 75.8 cm³/mol. The summed E-state index contributed by atoms with van der Waals surface area (Å²) in [4.78, 5) is 18.1. The van der Waals surface area contributed by atoms with E-state index in [0.717, 1.165) is 0 Å². The first-order valence-corrected chi connectivity index (χ1v) is 10.9. The molecule has 1 aromatic rings. The highest BCUT2D eigenvalue weighted by Crippen LogP contribution is 2.57. The fourth-order valence-electron chi connectivity index (χ4n) is 1.49. The van der Waals surface area contributed by atoms with Crippen molar-refractivity contribution >= 4 is 25.3 Å². The molecule has 0 saturated carbocycles. The first kappa shape index (κ1) is 18.5. The molecule has 0 heterocycles. The van der Waals surface area contributed by atoms with Gasteiger partial charge in [0.2, 0.25) is 0 Å². The lowest BCUT2D eigenvalue weighted by Gasteiger charge is -2.13. The van der Waals surface area contributed by atoms with Gasteiger partial charge in [0.25, 0.3) is 0 Å². The van der Waals surface area contributed by atoms with E-state index in [1.807, 2.05) is 0 Å². The summed E-state index contributed by atoms with van der Waals surface area (Å²) in [6.45, 7) is 1.68. The first-order valence-electron chi connectivity index (χ1n) is 5.70. The predicted octanol–water partition coefficient (Wildman–Crippen LogP) is 1.72. The monoisotopic (exact) mass is 358 g/mol. The third kappa shape index (κ3) is 6.40. The summed E-state index contributed by atoms with van der Waals surface area (Å²) in [5.74, 6) is -0.564. The number of hydrogen-bond acceptors (Lipinski definition) is 6. The molecule has 0 bridgehead atoms. The lowest BCUT2D eigenvalue weighted by atomic mass is 10.2. The molecule has 0 radical (unpaired) electrons. The Kier molecular flexibility index (Phi) is 5.91. The van der Waals surface area contributed by atoms with Crippen molar-refractivity contribution in [2.75, 3.05) is 19.0 Å². The summed E-state index contributed by atoms with van der Waals surface area (Å²) in [6, 6.07) is 6.26. The van der Waals surface area contributed by atoms with Gasteiger partial charge in [0.1, 0.15) is 0 Å². The Morgan fingerprint density at radius 3 is 2.29 bits per heavy atom. The number of hydrogen-bond donors (Lipinski definition) is 2. The summed E-state index contributed by atoms with van der Waals surface area (Å²) in [5.41, 5.74) is 0.536. The van der Waals surface area contributed by atoms with Crippen molar-refractivity contribution in [3.63, 3.8) is 0 Å². The molecule has 0 aliphatic rings. The normalized spacial score (nSPS) is 17.9. The molecule has 1 rings (SSSR count). The molecule has 120 valence electrons. The number of benzene rings is 1. The topological polar surface area (TPSA) is 127 Å². The van der Waals surface area contributed by atoms with Gasteiger partial charge in [0, 0.05) is 6.66 Å². The number of aryl methyl sites for hydroxylation is 1.